The highest BCUT2D eigenvalue weighted by atomic mass is 32.2. The molecule has 0 aromatic heterocycles. The average Bonchev–Trinajstić information content (AvgIpc) is 2.45. The third-order valence-corrected chi connectivity index (χ3v) is 4.37. The molecule has 1 rings (SSSR count). The van der Waals surface area contributed by atoms with Crippen molar-refractivity contribution in [3.63, 3.8) is 0 Å². The second kappa shape index (κ2) is 8.19. The normalized spacial score (nSPS) is 13.6. The third kappa shape index (κ3) is 7.00. The van der Waals surface area contributed by atoms with Gasteiger partial charge in [0.15, 0.2) is 0 Å². The Labute approximate surface area is 150 Å². The number of nitro groups is 1. The SMILES string of the molecule is CC(C)(C)OC(=O)N[C@@](C)(CSCc1ccc([N+](=O)[O-])cc1)C(=O)O. The molecule has 0 spiro atoms. The van der Waals surface area contributed by atoms with Gasteiger partial charge in [-0.3, -0.25) is 10.1 Å². The molecular weight excluding hydrogens is 348 g/mol. The van der Waals surface area contributed by atoms with Gasteiger partial charge < -0.3 is 15.2 Å². The number of ether oxygens (including phenoxy) is 1. The maximum absolute atomic E-state index is 11.8. The van der Waals surface area contributed by atoms with E-state index in [1.165, 1.54) is 30.8 Å². The number of alkyl carbamates (subject to hydrolysis) is 1. The number of hydrogen-bond donors (Lipinski definition) is 2. The Morgan fingerprint density at radius 2 is 1.80 bits per heavy atom. The van der Waals surface area contributed by atoms with E-state index in [1.807, 2.05) is 0 Å². The lowest BCUT2D eigenvalue weighted by Crippen LogP contribution is -2.55. The van der Waals surface area contributed by atoms with Gasteiger partial charge in [0.1, 0.15) is 11.1 Å². The van der Waals surface area contributed by atoms with Gasteiger partial charge in [-0.1, -0.05) is 12.1 Å². The molecule has 0 bridgehead atoms. The highest BCUT2D eigenvalue weighted by molar-refractivity contribution is 7.98. The van der Waals surface area contributed by atoms with Crippen LogP contribution in [0, 0.1) is 10.1 Å². The minimum absolute atomic E-state index is 0.00397. The molecule has 1 atom stereocenters. The minimum Gasteiger partial charge on any atom is -0.479 e. The van der Waals surface area contributed by atoms with E-state index in [0.717, 1.165) is 5.56 Å². The highest BCUT2D eigenvalue weighted by Crippen LogP contribution is 2.21. The van der Waals surface area contributed by atoms with Crippen LogP contribution in [0.1, 0.15) is 33.3 Å². The van der Waals surface area contributed by atoms with Crippen LogP contribution >= 0.6 is 11.8 Å². The van der Waals surface area contributed by atoms with E-state index >= 15 is 0 Å². The molecule has 0 aliphatic carbocycles. The number of nitro benzene ring substituents is 1. The van der Waals surface area contributed by atoms with Gasteiger partial charge in [0, 0.05) is 23.6 Å². The van der Waals surface area contributed by atoms with Crippen LogP contribution in [0.2, 0.25) is 0 Å². The number of benzene rings is 1. The Balaban J connectivity index is 2.64. The molecule has 0 aliphatic rings. The molecular formula is C16H22N2O6S. The number of rotatable bonds is 7. The van der Waals surface area contributed by atoms with E-state index in [-0.39, 0.29) is 11.4 Å². The summed E-state index contributed by atoms with van der Waals surface area (Å²) in [4.78, 5) is 33.5. The number of hydrogen-bond acceptors (Lipinski definition) is 6. The van der Waals surface area contributed by atoms with E-state index in [4.69, 9.17) is 4.74 Å². The summed E-state index contributed by atoms with van der Waals surface area (Å²) in [5.41, 5.74) is -1.40. The Morgan fingerprint density at radius 3 is 2.24 bits per heavy atom. The number of nitrogens with one attached hydrogen (secondary N) is 1. The summed E-state index contributed by atoms with van der Waals surface area (Å²) in [6.07, 6.45) is -0.798. The fraction of sp³-hybridized carbons (Fsp3) is 0.500. The summed E-state index contributed by atoms with van der Waals surface area (Å²) >= 11 is 1.29. The van der Waals surface area contributed by atoms with Gasteiger partial charge in [0.25, 0.3) is 5.69 Å². The largest absolute Gasteiger partial charge is 0.479 e. The van der Waals surface area contributed by atoms with Crippen LogP contribution < -0.4 is 5.32 Å². The van der Waals surface area contributed by atoms with Crippen LogP contribution in [0.5, 0.6) is 0 Å². The van der Waals surface area contributed by atoms with Crippen molar-refractivity contribution in [3.05, 3.63) is 39.9 Å². The van der Waals surface area contributed by atoms with Gasteiger partial charge in [0.2, 0.25) is 0 Å². The number of carboxylic acid groups (broad SMARTS) is 1. The smallest absolute Gasteiger partial charge is 0.408 e. The van der Waals surface area contributed by atoms with E-state index in [2.05, 4.69) is 5.32 Å². The Bertz CT molecular complexity index is 641. The molecule has 9 heteroatoms. The Kier molecular flexibility index (Phi) is 6.80. The molecule has 138 valence electrons. The molecule has 1 aromatic rings. The first-order valence-corrected chi connectivity index (χ1v) is 8.64. The van der Waals surface area contributed by atoms with E-state index < -0.39 is 28.1 Å². The lowest BCUT2D eigenvalue weighted by molar-refractivity contribution is -0.384. The molecule has 0 saturated carbocycles. The van der Waals surface area contributed by atoms with Crippen LogP contribution in [-0.2, 0) is 15.3 Å². The third-order valence-electron chi connectivity index (χ3n) is 3.06. The number of thioether (sulfide) groups is 1. The standard InChI is InChI=1S/C16H22N2O6S/c1-15(2,3)24-14(21)17-16(4,13(19)20)10-25-9-11-5-7-12(8-6-11)18(22)23/h5-8H,9-10H2,1-4H3,(H,17,21)(H,19,20)/t16-/m0/s1. The van der Waals surface area contributed by atoms with Crippen molar-refractivity contribution in [3.8, 4) is 0 Å². The van der Waals surface area contributed by atoms with Crippen molar-refractivity contribution in [2.75, 3.05) is 5.75 Å². The van der Waals surface area contributed by atoms with Gasteiger partial charge in [-0.15, -0.1) is 0 Å². The summed E-state index contributed by atoms with van der Waals surface area (Å²) in [6.45, 7) is 6.47. The van der Waals surface area contributed by atoms with Crippen molar-refractivity contribution < 1.29 is 24.4 Å². The van der Waals surface area contributed by atoms with Crippen molar-refractivity contribution in [1.29, 1.82) is 0 Å². The monoisotopic (exact) mass is 370 g/mol. The van der Waals surface area contributed by atoms with Crippen LogP contribution in [0.15, 0.2) is 24.3 Å². The second-order valence-corrected chi connectivity index (χ2v) is 7.67. The zero-order valence-corrected chi connectivity index (χ0v) is 15.4. The predicted molar refractivity (Wildman–Crippen MR) is 94.7 cm³/mol. The summed E-state index contributed by atoms with van der Waals surface area (Å²) < 4.78 is 5.10. The number of nitrogens with zero attached hydrogens (tertiary/aromatic N) is 1. The van der Waals surface area contributed by atoms with Gasteiger partial charge >= 0.3 is 12.1 Å². The zero-order valence-electron chi connectivity index (χ0n) is 14.6. The quantitative estimate of drug-likeness (QED) is 0.559. The van der Waals surface area contributed by atoms with Crippen molar-refractivity contribution in [2.24, 2.45) is 0 Å². The molecule has 1 aromatic carbocycles. The summed E-state index contributed by atoms with van der Waals surface area (Å²) in [6, 6.07) is 6.02. The fourth-order valence-corrected chi connectivity index (χ4v) is 2.90. The lowest BCUT2D eigenvalue weighted by atomic mass is 10.1. The molecule has 0 saturated heterocycles. The maximum atomic E-state index is 11.8. The molecule has 0 unspecified atom stereocenters. The molecule has 0 heterocycles. The Morgan fingerprint density at radius 1 is 1.24 bits per heavy atom. The number of amides is 1. The first kappa shape index (κ1) is 20.8. The summed E-state index contributed by atoms with van der Waals surface area (Å²) in [5, 5.41) is 22.4. The number of aliphatic carboxylic acids is 1. The number of carboxylic acids is 1. The molecule has 2 N–H and O–H groups in total. The van der Waals surface area contributed by atoms with E-state index in [9.17, 15) is 24.8 Å². The first-order valence-electron chi connectivity index (χ1n) is 7.48. The average molecular weight is 370 g/mol. The maximum Gasteiger partial charge on any atom is 0.408 e. The molecule has 8 nitrogen and oxygen atoms in total. The second-order valence-electron chi connectivity index (χ2n) is 6.68. The fourth-order valence-electron chi connectivity index (χ4n) is 1.77. The molecule has 1 amide bonds. The number of carbonyl (C=O) groups is 2. The van der Waals surface area contributed by atoms with Crippen LogP contribution in [-0.4, -0.2) is 39.0 Å². The van der Waals surface area contributed by atoms with Gasteiger partial charge in [0.05, 0.1) is 4.92 Å². The number of non-ortho nitro benzene ring substituents is 1. The predicted octanol–water partition coefficient (Wildman–Crippen LogP) is 3.20. The van der Waals surface area contributed by atoms with Crippen LogP contribution in [0.25, 0.3) is 0 Å². The van der Waals surface area contributed by atoms with Crippen LogP contribution in [0.3, 0.4) is 0 Å². The Hall–Kier alpha value is -2.29. The summed E-state index contributed by atoms with van der Waals surface area (Å²) in [5.74, 6) is -0.607. The van der Waals surface area contributed by atoms with Crippen molar-refractivity contribution in [1.82, 2.24) is 5.32 Å². The topological polar surface area (TPSA) is 119 Å². The molecule has 0 fully saturated rings. The molecule has 0 radical (unpaired) electrons. The molecule has 25 heavy (non-hydrogen) atoms. The van der Waals surface area contributed by atoms with Gasteiger partial charge in [-0.25, -0.2) is 9.59 Å². The van der Waals surface area contributed by atoms with E-state index in [1.54, 1.807) is 32.9 Å². The zero-order chi connectivity index (χ0) is 19.3. The highest BCUT2D eigenvalue weighted by Gasteiger charge is 2.36. The summed E-state index contributed by atoms with van der Waals surface area (Å²) in [7, 11) is 0. The number of carbonyl (C=O) groups excluding carboxylic acids is 1. The van der Waals surface area contributed by atoms with Gasteiger partial charge in [-0.2, -0.15) is 11.8 Å². The first-order chi connectivity index (χ1) is 11.4. The van der Waals surface area contributed by atoms with Crippen molar-refractivity contribution in [2.45, 2.75) is 44.6 Å². The van der Waals surface area contributed by atoms with Crippen LogP contribution in [0.4, 0.5) is 10.5 Å². The van der Waals surface area contributed by atoms with E-state index in [0.29, 0.717) is 5.75 Å². The van der Waals surface area contributed by atoms with Crippen molar-refractivity contribution >= 4 is 29.5 Å². The lowest BCUT2D eigenvalue weighted by Gasteiger charge is -2.28. The van der Waals surface area contributed by atoms with Gasteiger partial charge in [-0.05, 0) is 33.3 Å². The minimum atomic E-state index is -1.49. The molecule has 0 aliphatic heterocycles.